The molecule has 0 aliphatic carbocycles. The van der Waals surface area contributed by atoms with E-state index in [1.807, 2.05) is 0 Å². The minimum Gasteiger partial charge on any atom is -0.123 e. The predicted molar refractivity (Wildman–Crippen MR) is 81.3 cm³/mol. The van der Waals surface area contributed by atoms with Crippen molar-refractivity contribution in [2.24, 2.45) is 11.8 Å². The van der Waals surface area contributed by atoms with Crippen LogP contribution in [-0.4, -0.2) is 17.7 Å². The lowest BCUT2D eigenvalue weighted by molar-refractivity contribution is 0.632. The summed E-state index contributed by atoms with van der Waals surface area (Å²) in [6.07, 6.45) is 4.36. The fourth-order valence-corrected chi connectivity index (χ4v) is 8.19. The largest absolute Gasteiger partial charge is 0.123 e. The molecule has 0 saturated carbocycles. The van der Waals surface area contributed by atoms with Crippen molar-refractivity contribution in [1.29, 1.82) is 0 Å². The average Bonchev–Trinajstić information content (AvgIpc) is 2.14. The Labute approximate surface area is 106 Å². The van der Waals surface area contributed by atoms with E-state index in [4.69, 9.17) is 0 Å². The van der Waals surface area contributed by atoms with E-state index >= 15 is 0 Å². The molecule has 0 aromatic rings. The quantitative estimate of drug-likeness (QED) is 0.478. The van der Waals surface area contributed by atoms with Crippen LogP contribution in [0.1, 0.15) is 47.5 Å². The molecule has 0 heterocycles. The molecule has 0 unspecified atom stereocenters. The molecule has 0 aliphatic heterocycles. The van der Waals surface area contributed by atoms with Crippen LogP contribution in [0.25, 0.3) is 0 Å². The van der Waals surface area contributed by atoms with Crippen molar-refractivity contribution in [3.05, 3.63) is 0 Å². The van der Waals surface area contributed by atoms with Gasteiger partial charge in [0.2, 0.25) is 0 Å². The highest BCUT2D eigenvalue weighted by atomic mass is 33.1. The second-order valence-corrected chi connectivity index (χ2v) is 12.2. The Morgan fingerprint density at radius 1 is 0.867 bits per heavy atom. The Balaban J connectivity index is 3.46. The van der Waals surface area contributed by atoms with Crippen molar-refractivity contribution >= 4 is 29.1 Å². The van der Waals surface area contributed by atoms with Crippen molar-refractivity contribution in [2.75, 3.05) is 17.7 Å². The zero-order valence-electron chi connectivity index (χ0n) is 11.0. The summed E-state index contributed by atoms with van der Waals surface area (Å²) in [5.41, 5.74) is 0. The molecule has 3 heteroatoms. The topological polar surface area (TPSA) is 0 Å². The summed E-state index contributed by atoms with van der Waals surface area (Å²) in [4.78, 5) is 0. The summed E-state index contributed by atoms with van der Waals surface area (Å²) in [5.74, 6) is 4.47. The van der Waals surface area contributed by atoms with Gasteiger partial charge in [0, 0.05) is 6.33 Å². The molecule has 0 aliphatic rings. The van der Waals surface area contributed by atoms with Gasteiger partial charge in [0.05, 0.1) is 0 Å². The molecule has 92 valence electrons. The summed E-state index contributed by atoms with van der Waals surface area (Å²) in [5, 5.41) is 0. The lowest BCUT2D eigenvalue weighted by Gasteiger charge is -2.15. The van der Waals surface area contributed by atoms with Crippen LogP contribution in [0.15, 0.2) is 0 Å². The van der Waals surface area contributed by atoms with Crippen LogP contribution < -0.4 is 0 Å². The van der Waals surface area contributed by atoms with E-state index in [0.29, 0.717) is 0 Å². The first-order valence-corrected chi connectivity index (χ1v) is 10.8. The molecule has 0 amide bonds. The second kappa shape index (κ2) is 10.3. The SMILES string of the molecule is CCP(SCCC(C)C)SCCC(C)C. The normalized spacial score (nSPS) is 12.0. The van der Waals surface area contributed by atoms with E-state index in [9.17, 15) is 0 Å². The average molecular weight is 266 g/mol. The van der Waals surface area contributed by atoms with Gasteiger partial charge in [0.25, 0.3) is 0 Å². The molecule has 0 radical (unpaired) electrons. The molecule has 0 rings (SSSR count). The summed E-state index contributed by atoms with van der Waals surface area (Å²) in [7, 11) is 0. The van der Waals surface area contributed by atoms with Gasteiger partial charge in [-0.3, -0.25) is 0 Å². The monoisotopic (exact) mass is 266 g/mol. The molecule has 0 fully saturated rings. The van der Waals surface area contributed by atoms with Gasteiger partial charge in [-0.1, -0.05) is 34.6 Å². The van der Waals surface area contributed by atoms with Gasteiger partial charge >= 0.3 is 0 Å². The van der Waals surface area contributed by atoms with Crippen LogP contribution in [0.4, 0.5) is 0 Å². The van der Waals surface area contributed by atoms with Crippen molar-refractivity contribution in [3.63, 3.8) is 0 Å². The number of hydrogen-bond donors (Lipinski definition) is 0. The molecular weight excluding hydrogens is 239 g/mol. The molecule has 0 bridgehead atoms. The van der Waals surface area contributed by atoms with Crippen LogP contribution in [0.3, 0.4) is 0 Å². The predicted octanol–water partition coefficient (Wildman–Crippen LogP) is 5.88. The highest BCUT2D eigenvalue weighted by Gasteiger charge is 2.07. The molecule has 0 saturated heterocycles. The third-order valence-electron chi connectivity index (χ3n) is 2.12. The Kier molecular flexibility index (Phi) is 11.1. The first-order valence-electron chi connectivity index (χ1n) is 6.09. The minimum absolute atomic E-state index is 0.214. The van der Waals surface area contributed by atoms with Gasteiger partial charge in [0.1, 0.15) is 0 Å². The molecular formula is C12H27PS2. The zero-order valence-corrected chi connectivity index (χ0v) is 13.5. The smallest absolute Gasteiger partial charge is 0.0119 e. The standard InChI is InChI=1S/C12H27PS2/c1-6-13(14-9-7-11(2)3)15-10-8-12(4)5/h11-12H,6-10H2,1-5H3. The Bertz CT molecular complexity index is 124. The summed E-state index contributed by atoms with van der Waals surface area (Å²) >= 11 is 4.46. The van der Waals surface area contributed by atoms with E-state index in [1.165, 1.54) is 30.5 Å². The third kappa shape index (κ3) is 11.4. The third-order valence-corrected chi connectivity index (χ3v) is 10.3. The molecule has 0 aromatic heterocycles. The van der Waals surface area contributed by atoms with Gasteiger partial charge in [-0.15, -0.1) is 22.8 Å². The van der Waals surface area contributed by atoms with E-state index in [1.54, 1.807) is 0 Å². The maximum Gasteiger partial charge on any atom is 0.0119 e. The van der Waals surface area contributed by atoms with Gasteiger partial charge < -0.3 is 0 Å². The van der Waals surface area contributed by atoms with Crippen molar-refractivity contribution in [2.45, 2.75) is 47.5 Å². The van der Waals surface area contributed by atoms with Crippen molar-refractivity contribution < 1.29 is 0 Å². The first kappa shape index (κ1) is 16.1. The van der Waals surface area contributed by atoms with Gasteiger partial charge in [-0.25, -0.2) is 0 Å². The summed E-state index contributed by atoms with van der Waals surface area (Å²) in [6, 6.07) is 0. The van der Waals surface area contributed by atoms with Crippen molar-refractivity contribution in [1.82, 2.24) is 0 Å². The van der Waals surface area contributed by atoms with Crippen LogP contribution in [0, 0.1) is 11.8 Å². The number of hydrogen-bond acceptors (Lipinski definition) is 2. The van der Waals surface area contributed by atoms with E-state index in [0.717, 1.165) is 11.8 Å². The summed E-state index contributed by atoms with van der Waals surface area (Å²) < 4.78 is 0. The fraction of sp³-hybridized carbons (Fsp3) is 1.00. The molecule has 0 atom stereocenters. The lowest BCUT2D eigenvalue weighted by atomic mass is 10.2. The first-order chi connectivity index (χ1) is 7.06. The molecule has 0 aromatic carbocycles. The maximum absolute atomic E-state index is 2.34. The zero-order chi connectivity index (χ0) is 11.7. The van der Waals surface area contributed by atoms with Gasteiger partial charge in [-0.05, 0) is 42.3 Å². The Morgan fingerprint density at radius 2 is 1.27 bits per heavy atom. The second-order valence-electron chi connectivity index (χ2n) is 4.68. The summed E-state index contributed by atoms with van der Waals surface area (Å²) in [6.45, 7) is 11.6. The molecule has 0 spiro atoms. The minimum atomic E-state index is 0.214. The number of rotatable bonds is 9. The highest BCUT2D eigenvalue weighted by Crippen LogP contribution is 2.60. The Morgan fingerprint density at radius 3 is 1.53 bits per heavy atom. The van der Waals surface area contributed by atoms with E-state index < -0.39 is 0 Å². The van der Waals surface area contributed by atoms with Gasteiger partial charge in [-0.2, -0.15) is 0 Å². The van der Waals surface area contributed by atoms with E-state index in [-0.39, 0.29) is 6.33 Å². The molecule has 15 heavy (non-hydrogen) atoms. The fourth-order valence-electron chi connectivity index (χ4n) is 1.00. The van der Waals surface area contributed by atoms with Crippen LogP contribution >= 0.6 is 29.1 Å². The van der Waals surface area contributed by atoms with Crippen LogP contribution in [0.2, 0.25) is 0 Å². The van der Waals surface area contributed by atoms with Crippen LogP contribution in [-0.2, 0) is 0 Å². The molecule has 0 N–H and O–H groups in total. The highest BCUT2D eigenvalue weighted by molar-refractivity contribution is 8.88. The Hall–Kier alpha value is 1.13. The van der Waals surface area contributed by atoms with E-state index in [2.05, 4.69) is 57.4 Å². The lowest BCUT2D eigenvalue weighted by Crippen LogP contribution is -1.90. The van der Waals surface area contributed by atoms with Crippen LogP contribution in [0.5, 0.6) is 0 Å². The van der Waals surface area contributed by atoms with Crippen molar-refractivity contribution in [3.8, 4) is 0 Å². The molecule has 0 nitrogen and oxygen atoms in total. The van der Waals surface area contributed by atoms with Gasteiger partial charge in [0.15, 0.2) is 0 Å². The maximum atomic E-state index is 2.34.